The molecule has 0 aliphatic heterocycles. The van der Waals surface area contributed by atoms with Crippen LogP contribution in [0, 0.1) is 0 Å². The molecule has 6 heteroatoms. The SMILES string of the molecule is CCCCCCCCCCCCNC(CCC(=O)O)C(N)=O.Cl. The molecule has 0 fully saturated rings. The summed E-state index contributed by atoms with van der Waals surface area (Å²) in [5, 5.41) is 11.7. The van der Waals surface area contributed by atoms with Crippen molar-refractivity contribution < 1.29 is 14.7 Å². The lowest BCUT2D eigenvalue weighted by atomic mass is 10.1. The molecule has 5 nitrogen and oxygen atoms in total. The van der Waals surface area contributed by atoms with Gasteiger partial charge in [0.2, 0.25) is 5.91 Å². The summed E-state index contributed by atoms with van der Waals surface area (Å²) in [4.78, 5) is 21.7. The van der Waals surface area contributed by atoms with Gasteiger partial charge in [0.1, 0.15) is 0 Å². The van der Waals surface area contributed by atoms with E-state index in [1.165, 1.54) is 51.4 Å². The highest BCUT2D eigenvalue weighted by molar-refractivity contribution is 5.85. The van der Waals surface area contributed by atoms with Crippen molar-refractivity contribution in [2.45, 2.75) is 90.0 Å². The fourth-order valence-electron chi connectivity index (χ4n) is 2.50. The average Bonchev–Trinajstić information content (AvgIpc) is 2.47. The van der Waals surface area contributed by atoms with Crippen molar-refractivity contribution in [2.75, 3.05) is 6.54 Å². The molecular formula is C17H35ClN2O3. The van der Waals surface area contributed by atoms with Crippen molar-refractivity contribution in [3.05, 3.63) is 0 Å². The Hall–Kier alpha value is -0.810. The molecule has 0 bridgehead atoms. The van der Waals surface area contributed by atoms with Crippen molar-refractivity contribution in [1.82, 2.24) is 5.32 Å². The van der Waals surface area contributed by atoms with Gasteiger partial charge in [-0.1, -0.05) is 64.7 Å². The normalized spacial score (nSPS) is 11.7. The van der Waals surface area contributed by atoms with Crippen LogP contribution in [0.5, 0.6) is 0 Å². The minimum atomic E-state index is -0.896. The van der Waals surface area contributed by atoms with Gasteiger partial charge in [0, 0.05) is 6.42 Å². The molecule has 0 saturated heterocycles. The van der Waals surface area contributed by atoms with Crippen LogP contribution in [0.2, 0.25) is 0 Å². The van der Waals surface area contributed by atoms with Crippen LogP contribution in [0.25, 0.3) is 0 Å². The molecule has 0 aliphatic rings. The lowest BCUT2D eigenvalue weighted by Gasteiger charge is -2.14. The highest BCUT2D eigenvalue weighted by Crippen LogP contribution is 2.10. The summed E-state index contributed by atoms with van der Waals surface area (Å²) in [7, 11) is 0. The summed E-state index contributed by atoms with van der Waals surface area (Å²) in [6.07, 6.45) is 12.9. The van der Waals surface area contributed by atoms with Crippen molar-refractivity contribution in [3.63, 3.8) is 0 Å². The molecule has 0 rings (SSSR count). The summed E-state index contributed by atoms with van der Waals surface area (Å²) >= 11 is 0. The minimum Gasteiger partial charge on any atom is -0.481 e. The van der Waals surface area contributed by atoms with Crippen LogP contribution in [0.3, 0.4) is 0 Å². The minimum absolute atomic E-state index is 0. The number of aliphatic carboxylic acids is 1. The molecule has 0 heterocycles. The number of nitrogens with one attached hydrogen (secondary N) is 1. The van der Waals surface area contributed by atoms with E-state index in [1.54, 1.807) is 0 Å². The maximum Gasteiger partial charge on any atom is 0.303 e. The molecule has 23 heavy (non-hydrogen) atoms. The molecule has 0 aliphatic carbocycles. The second-order valence-corrected chi connectivity index (χ2v) is 6.02. The van der Waals surface area contributed by atoms with Crippen LogP contribution in [-0.2, 0) is 9.59 Å². The van der Waals surface area contributed by atoms with Crippen molar-refractivity contribution in [1.29, 1.82) is 0 Å². The second kappa shape index (κ2) is 17.5. The first kappa shape index (κ1) is 24.4. The number of carbonyl (C=O) groups excluding carboxylic acids is 1. The van der Waals surface area contributed by atoms with E-state index in [0.29, 0.717) is 0 Å². The van der Waals surface area contributed by atoms with Crippen LogP contribution in [0.4, 0.5) is 0 Å². The Balaban J connectivity index is 0. The molecular weight excluding hydrogens is 316 g/mol. The van der Waals surface area contributed by atoms with Crippen LogP contribution in [-0.4, -0.2) is 29.6 Å². The molecule has 138 valence electrons. The molecule has 0 aromatic heterocycles. The first-order chi connectivity index (χ1) is 10.6. The predicted octanol–water partition coefficient (Wildman–Crippen LogP) is 3.64. The Labute approximate surface area is 147 Å². The van der Waals surface area contributed by atoms with Gasteiger partial charge in [-0.2, -0.15) is 0 Å². The zero-order valence-corrected chi connectivity index (χ0v) is 15.3. The fraction of sp³-hybridized carbons (Fsp3) is 0.882. The number of unbranched alkanes of at least 4 members (excludes halogenated alkanes) is 9. The zero-order valence-electron chi connectivity index (χ0n) is 14.5. The van der Waals surface area contributed by atoms with Crippen molar-refractivity contribution in [2.24, 2.45) is 5.73 Å². The molecule has 1 atom stereocenters. The quantitative estimate of drug-likeness (QED) is 0.370. The fourth-order valence-corrected chi connectivity index (χ4v) is 2.50. The van der Waals surface area contributed by atoms with Crippen molar-refractivity contribution >= 4 is 24.3 Å². The van der Waals surface area contributed by atoms with Gasteiger partial charge in [-0.3, -0.25) is 9.59 Å². The number of amides is 1. The number of nitrogens with two attached hydrogens (primary N) is 1. The monoisotopic (exact) mass is 350 g/mol. The highest BCUT2D eigenvalue weighted by atomic mass is 35.5. The third-order valence-electron chi connectivity index (χ3n) is 3.91. The van der Waals surface area contributed by atoms with Gasteiger partial charge >= 0.3 is 5.97 Å². The van der Waals surface area contributed by atoms with Gasteiger partial charge in [-0.15, -0.1) is 12.4 Å². The number of carboxylic acid groups (broad SMARTS) is 1. The Kier molecular flexibility index (Phi) is 18.6. The topological polar surface area (TPSA) is 92.4 Å². The van der Waals surface area contributed by atoms with Gasteiger partial charge in [0.15, 0.2) is 0 Å². The van der Waals surface area contributed by atoms with Gasteiger partial charge in [-0.25, -0.2) is 0 Å². The number of primary amides is 1. The second-order valence-electron chi connectivity index (χ2n) is 6.02. The number of halogens is 1. The molecule has 1 amide bonds. The van der Waals surface area contributed by atoms with E-state index >= 15 is 0 Å². The van der Waals surface area contributed by atoms with E-state index < -0.39 is 17.9 Å². The van der Waals surface area contributed by atoms with E-state index in [2.05, 4.69) is 12.2 Å². The average molecular weight is 351 g/mol. The lowest BCUT2D eigenvalue weighted by molar-refractivity contribution is -0.137. The molecule has 0 radical (unpaired) electrons. The van der Waals surface area contributed by atoms with Crippen molar-refractivity contribution in [3.8, 4) is 0 Å². The zero-order chi connectivity index (χ0) is 16.6. The maximum absolute atomic E-state index is 11.2. The molecule has 0 aromatic carbocycles. The third-order valence-corrected chi connectivity index (χ3v) is 3.91. The standard InChI is InChI=1S/C17H34N2O3.ClH/c1-2-3-4-5-6-7-8-9-10-11-14-19-15(17(18)22)12-13-16(20)21;/h15,19H,2-14H2,1H3,(H2,18,22)(H,20,21);1H. The Bertz CT molecular complexity index is 302. The number of hydrogen-bond acceptors (Lipinski definition) is 3. The largest absolute Gasteiger partial charge is 0.481 e. The predicted molar refractivity (Wildman–Crippen MR) is 96.9 cm³/mol. The number of rotatable bonds is 16. The molecule has 1 unspecified atom stereocenters. The summed E-state index contributed by atoms with van der Waals surface area (Å²) in [6, 6.07) is -0.519. The smallest absolute Gasteiger partial charge is 0.303 e. The number of hydrogen-bond donors (Lipinski definition) is 3. The lowest BCUT2D eigenvalue weighted by Crippen LogP contribution is -2.42. The summed E-state index contributed by atoms with van der Waals surface area (Å²) in [5.74, 6) is -1.36. The number of carbonyl (C=O) groups is 2. The summed E-state index contributed by atoms with van der Waals surface area (Å²) in [5.41, 5.74) is 5.26. The van der Waals surface area contributed by atoms with Crippen LogP contribution in [0.15, 0.2) is 0 Å². The maximum atomic E-state index is 11.2. The first-order valence-corrected chi connectivity index (χ1v) is 8.82. The van der Waals surface area contributed by atoms with Crippen LogP contribution >= 0.6 is 12.4 Å². The molecule has 0 aromatic rings. The Morgan fingerprint density at radius 3 is 1.87 bits per heavy atom. The van der Waals surface area contributed by atoms with E-state index in [9.17, 15) is 9.59 Å². The summed E-state index contributed by atoms with van der Waals surface area (Å²) < 4.78 is 0. The first-order valence-electron chi connectivity index (χ1n) is 8.82. The van der Waals surface area contributed by atoms with E-state index in [4.69, 9.17) is 10.8 Å². The van der Waals surface area contributed by atoms with Gasteiger partial charge in [0.05, 0.1) is 6.04 Å². The van der Waals surface area contributed by atoms with Crippen LogP contribution in [0.1, 0.15) is 84.0 Å². The highest BCUT2D eigenvalue weighted by Gasteiger charge is 2.15. The van der Waals surface area contributed by atoms with Gasteiger partial charge < -0.3 is 16.2 Å². The Morgan fingerprint density at radius 2 is 1.43 bits per heavy atom. The van der Waals surface area contributed by atoms with E-state index in [0.717, 1.165) is 19.4 Å². The van der Waals surface area contributed by atoms with E-state index in [-0.39, 0.29) is 25.2 Å². The number of carboxylic acids is 1. The van der Waals surface area contributed by atoms with Gasteiger partial charge in [0.25, 0.3) is 0 Å². The molecule has 0 spiro atoms. The van der Waals surface area contributed by atoms with E-state index in [1.807, 2.05) is 0 Å². The molecule has 4 N–H and O–H groups in total. The van der Waals surface area contributed by atoms with Gasteiger partial charge in [-0.05, 0) is 19.4 Å². The third kappa shape index (κ3) is 17.4. The molecule has 0 saturated carbocycles. The summed E-state index contributed by atoms with van der Waals surface area (Å²) in [6.45, 7) is 2.96. The van der Waals surface area contributed by atoms with Crippen LogP contribution < -0.4 is 11.1 Å². The Morgan fingerprint density at radius 1 is 0.957 bits per heavy atom.